The molecule has 11 heteroatoms. The number of amides is 4. The molecule has 0 saturated heterocycles. The van der Waals surface area contributed by atoms with Gasteiger partial charge in [0.1, 0.15) is 17.8 Å². The van der Waals surface area contributed by atoms with E-state index in [2.05, 4.69) is 21.4 Å². The van der Waals surface area contributed by atoms with Gasteiger partial charge < -0.3 is 26.2 Å². The third-order valence-corrected chi connectivity index (χ3v) is 6.73. The van der Waals surface area contributed by atoms with Crippen LogP contribution >= 0.6 is 0 Å². The van der Waals surface area contributed by atoms with Gasteiger partial charge in [-0.1, -0.05) is 70.2 Å². The Balaban J connectivity index is 2.28. The molecule has 4 unspecified atom stereocenters. The van der Waals surface area contributed by atoms with Gasteiger partial charge in [-0.3, -0.25) is 24.6 Å². The van der Waals surface area contributed by atoms with Gasteiger partial charge in [-0.15, -0.1) is 0 Å². The number of nitrogens with one attached hydrogen (secondary N) is 4. The quantitative estimate of drug-likeness (QED) is 0.175. The summed E-state index contributed by atoms with van der Waals surface area (Å²) in [6, 6.07) is 13.2. The summed E-state index contributed by atoms with van der Waals surface area (Å²) >= 11 is 0. The summed E-state index contributed by atoms with van der Waals surface area (Å²) < 4.78 is 0. The summed E-state index contributed by atoms with van der Waals surface area (Å²) in [6.07, 6.45) is -0.908. The molecule has 0 saturated carbocycles. The van der Waals surface area contributed by atoms with Crippen LogP contribution in [0.5, 0.6) is 5.75 Å². The average Bonchev–Trinajstić information content (AvgIpc) is 2.92. The average molecular weight is 584 g/mol. The lowest BCUT2D eigenvalue weighted by Gasteiger charge is -2.31. The van der Waals surface area contributed by atoms with Crippen molar-refractivity contribution in [3.63, 3.8) is 0 Å². The van der Waals surface area contributed by atoms with E-state index in [0.717, 1.165) is 5.56 Å². The van der Waals surface area contributed by atoms with Crippen LogP contribution < -0.4 is 21.4 Å². The van der Waals surface area contributed by atoms with E-state index in [1.807, 2.05) is 33.8 Å². The largest absolute Gasteiger partial charge is 0.508 e. The van der Waals surface area contributed by atoms with Crippen LogP contribution in [0.1, 0.15) is 65.1 Å². The molecule has 6 N–H and O–H groups in total. The van der Waals surface area contributed by atoms with Gasteiger partial charge in [-0.05, 0) is 41.5 Å². The highest BCUT2D eigenvalue weighted by atomic mass is 16.3. The summed E-state index contributed by atoms with van der Waals surface area (Å²) in [6.45, 7) is 10.4. The Morgan fingerprint density at radius 1 is 0.762 bits per heavy atom. The minimum absolute atomic E-state index is 0.107. The SMILES string of the molecule is CC(=O)NC(C(=O)NC(c1ccccc1)C(O)CCN(Cc1ccc(O)cc1)NC(=O)C(NC(C)=O)C(C)C)C(C)C. The number of aliphatic hydroxyl groups is 1. The van der Waals surface area contributed by atoms with Crippen molar-refractivity contribution in [3.05, 3.63) is 65.7 Å². The number of hydrogen-bond acceptors (Lipinski definition) is 7. The van der Waals surface area contributed by atoms with Gasteiger partial charge in [0.25, 0.3) is 5.91 Å². The number of phenolic OH excluding ortho intramolecular Hbond substituents is 1. The van der Waals surface area contributed by atoms with Crippen molar-refractivity contribution in [1.82, 2.24) is 26.4 Å². The second-order valence-electron chi connectivity index (χ2n) is 11.2. The Morgan fingerprint density at radius 3 is 1.79 bits per heavy atom. The van der Waals surface area contributed by atoms with Crippen molar-refractivity contribution in [2.75, 3.05) is 6.54 Å². The van der Waals surface area contributed by atoms with Crippen LogP contribution in [-0.4, -0.2) is 63.6 Å². The Kier molecular flexibility index (Phi) is 13.4. The normalized spacial score (nSPS) is 14.1. The Hall–Kier alpha value is -3.96. The van der Waals surface area contributed by atoms with Crippen LogP contribution in [-0.2, 0) is 25.7 Å². The van der Waals surface area contributed by atoms with Crippen LogP contribution in [0.2, 0.25) is 0 Å². The molecule has 0 fully saturated rings. The molecule has 0 radical (unpaired) electrons. The predicted molar refractivity (Wildman–Crippen MR) is 159 cm³/mol. The molecule has 0 aromatic heterocycles. The molecular formula is C31H45N5O6. The molecule has 4 amide bonds. The lowest BCUT2D eigenvalue weighted by atomic mass is 9.97. The first-order chi connectivity index (χ1) is 19.8. The molecule has 42 heavy (non-hydrogen) atoms. The smallest absolute Gasteiger partial charge is 0.257 e. The second-order valence-corrected chi connectivity index (χ2v) is 11.2. The Labute approximate surface area is 248 Å². The number of phenols is 1. The second kappa shape index (κ2) is 16.5. The highest BCUT2D eigenvalue weighted by Crippen LogP contribution is 2.21. The summed E-state index contributed by atoms with van der Waals surface area (Å²) in [7, 11) is 0. The zero-order valence-electron chi connectivity index (χ0n) is 25.3. The van der Waals surface area contributed by atoms with Crippen LogP contribution in [0.3, 0.4) is 0 Å². The zero-order valence-corrected chi connectivity index (χ0v) is 25.3. The van der Waals surface area contributed by atoms with Crippen molar-refractivity contribution < 1.29 is 29.4 Å². The number of nitrogens with zero attached hydrogens (tertiary/aromatic N) is 1. The molecule has 230 valence electrons. The predicted octanol–water partition coefficient (Wildman–Crippen LogP) is 2.16. The fourth-order valence-corrected chi connectivity index (χ4v) is 4.49. The molecule has 0 aliphatic heterocycles. The number of carbonyl (C=O) groups is 4. The lowest BCUT2D eigenvalue weighted by Crippen LogP contribution is -2.54. The van der Waals surface area contributed by atoms with Crippen LogP contribution in [0, 0.1) is 11.8 Å². The maximum Gasteiger partial charge on any atom is 0.257 e. The van der Waals surface area contributed by atoms with E-state index in [4.69, 9.17) is 0 Å². The summed E-state index contributed by atoms with van der Waals surface area (Å²) in [4.78, 5) is 49.8. The van der Waals surface area contributed by atoms with Crippen LogP contribution in [0.25, 0.3) is 0 Å². The van der Waals surface area contributed by atoms with Gasteiger partial charge in [-0.25, -0.2) is 5.01 Å². The standard InChI is InChI=1S/C31H45N5O6/c1-19(2)27(32-21(5)37)30(41)34-29(24-10-8-7-9-11-24)26(40)16-17-36(18-23-12-14-25(39)15-13-23)35-31(42)28(20(3)4)33-22(6)38/h7-15,19-20,26-29,39-40H,16-18H2,1-6H3,(H,32,37)(H,33,38)(H,34,41)(H,35,42). The lowest BCUT2D eigenvalue weighted by molar-refractivity contribution is -0.133. The van der Waals surface area contributed by atoms with Gasteiger partial charge in [0, 0.05) is 26.9 Å². The number of hydrazine groups is 1. The summed E-state index contributed by atoms with van der Waals surface area (Å²) in [5, 5.41) is 31.0. The third-order valence-electron chi connectivity index (χ3n) is 6.73. The van der Waals surface area contributed by atoms with E-state index >= 15 is 0 Å². The van der Waals surface area contributed by atoms with E-state index in [0.29, 0.717) is 5.56 Å². The van der Waals surface area contributed by atoms with Crippen molar-refractivity contribution in [3.8, 4) is 5.75 Å². The topological polar surface area (TPSA) is 160 Å². The summed E-state index contributed by atoms with van der Waals surface area (Å²) in [5.74, 6) is -1.74. The van der Waals surface area contributed by atoms with Crippen molar-refractivity contribution in [1.29, 1.82) is 0 Å². The summed E-state index contributed by atoms with van der Waals surface area (Å²) in [5.41, 5.74) is 4.35. The molecule has 2 aromatic rings. The van der Waals surface area contributed by atoms with E-state index in [9.17, 15) is 29.4 Å². The molecule has 0 aliphatic carbocycles. The molecular weight excluding hydrogens is 538 g/mol. The minimum Gasteiger partial charge on any atom is -0.508 e. The number of benzene rings is 2. The van der Waals surface area contributed by atoms with Gasteiger partial charge in [0.15, 0.2) is 0 Å². The fourth-order valence-electron chi connectivity index (χ4n) is 4.49. The Bertz CT molecular complexity index is 1170. The molecule has 0 aliphatic rings. The molecule has 4 atom stereocenters. The number of rotatable bonds is 15. The van der Waals surface area contributed by atoms with Crippen LogP contribution in [0.4, 0.5) is 0 Å². The molecule has 0 spiro atoms. The maximum absolute atomic E-state index is 13.2. The molecule has 0 heterocycles. The molecule has 2 rings (SSSR count). The first-order valence-corrected chi connectivity index (χ1v) is 14.2. The molecule has 0 bridgehead atoms. The van der Waals surface area contributed by atoms with Crippen molar-refractivity contribution >= 4 is 23.6 Å². The van der Waals surface area contributed by atoms with Crippen molar-refractivity contribution in [2.24, 2.45) is 11.8 Å². The van der Waals surface area contributed by atoms with Crippen LogP contribution in [0.15, 0.2) is 54.6 Å². The minimum atomic E-state index is -1.06. The number of aromatic hydroxyl groups is 1. The third kappa shape index (κ3) is 11.1. The van der Waals surface area contributed by atoms with E-state index < -0.39 is 36.0 Å². The number of hydrogen-bond donors (Lipinski definition) is 6. The van der Waals surface area contributed by atoms with Gasteiger partial charge in [0.2, 0.25) is 17.7 Å². The van der Waals surface area contributed by atoms with E-state index in [1.165, 1.54) is 13.8 Å². The molecule has 2 aromatic carbocycles. The highest BCUT2D eigenvalue weighted by molar-refractivity contribution is 5.87. The monoisotopic (exact) mass is 583 g/mol. The maximum atomic E-state index is 13.2. The zero-order chi connectivity index (χ0) is 31.4. The van der Waals surface area contributed by atoms with E-state index in [-0.39, 0.29) is 48.9 Å². The van der Waals surface area contributed by atoms with Gasteiger partial charge in [-0.2, -0.15) is 0 Å². The van der Waals surface area contributed by atoms with E-state index in [1.54, 1.807) is 53.5 Å². The van der Waals surface area contributed by atoms with Gasteiger partial charge in [0.05, 0.1) is 12.1 Å². The number of carbonyl (C=O) groups excluding carboxylic acids is 4. The highest BCUT2D eigenvalue weighted by Gasteiger charge is 2.30. The first-order valence-electron chi connectivity index (χ1n) is 14.2. The van der Waals surface area contributed by atoms with Gasteiger partial charge >= 0.3 is 0 Å². The molecule has 11 nitrogen and oxygen atoms in total. The fraction of sp³-hybridized carbons (Fsp3) is 0.484. The van der Waals surface area contributed by atoms with Crippen molar-refractivity contribution in [2.45, 2.75) is 78.7 Å². The number of aliphatic hydroxyl groups excluding tert-OH is 1. The Morgan fingerprint density at radius 2 is 1.29 bits per heavy atom. The first kappa shape index (κ1) is 34.2.